The second-order valence-corrected chi connectivity index (χ2v) is 1.76. The maximum absolute atomic E-state index is 8.09. The lowest BCUT2D eigenvalue weighted by atomic mass is 10.3. The molecule has 1 rings (SSSR count). The van der Waals surface area contributed by atoms with Gasteiger partial charge in [-0.25, -0.2) is 0 Å². The quantitative estimate of drug-likeness (QED) is 0.462. The van der Waals surface area contributed by atoms with E-state index in [1.807, 2.05) is 0 Å². The van der Waals surface area contributed by atoms with Crippen molar-refractivity contribution < 1.29 is 4.74 Å². The molecule has 0 spiro atoms. The molecule has 0 unspecified atom stereocenters. The van der Waals surface area contributed by atoms with Gasteiger partial charge in [0, 0.05) is 5.69 Å². The topological polar surface area (TPSA) is 59.0 Å². The zero-order chi connectivity index (χ0) is 7.40. The van der Waals surface area contributed by atoms with Crippen molar-refractivity contribution in [3.8, 4) is 12.0 Å². The van der Waals surface area contributed by atoms with E-state index in [9.17, 15) is 0 Å². The summed E-state index contributed by atoms with van der Waals surface area (Å²) in [5, 5.41) is 8.09. The first-order chi connectivity index (χ1) is 4.83. The molecule has 0 aromatic heterocycles. The van der Waals surface area contributed by atoms with E-state index < -0.39 is 0 Å². The average Bonchev–Trinajstić information content (AvgIpc) is 1.95. The lowest BCUT2D eigenvalue weighted by Crippen LogP contribution is -1.84. The summed E-state index contributed by atoms with van der Waals surface area (Å²) >= 11 is 0. The van der Waals surface area contributed by atoms with Gasteiger partial charge in [0.15, 0.2) is 0 Å². The van der Waals surface area contributed by atoms with Gasteiger partial charge >= 0.3 is 0 Å². The first-order valence-corrected chi connectivity index (χ1v) is 2.74. The van der Waals surface area contributed by atoms with Crippen LogP contribution in [0.1, 0.15) is 0 Å². The van der Waals surface area contributed by atoms with Gasteiger partial charge < -0.3 is 10.5 Å². The maximum atomic E-state index is 8.09. The lowest BCUT2D eigenvalue weighted by Gasteiger charge is -1.94. The third kappa shape index (κ3) is 1.39. The number of ether oxygens (including phenoxy) is 1. The minimum absolute atomic E-state index is 0.511. The fraction of sp³-hybridized carbons (Fsp3) is 0. The summed E-state index contributed by atoms with van der Waals surface area (Å²) in [7, 11) is 0. The predicted octanol–water partition coefficient (Wildman–Crippen LogP) is 1.13. The second-order valence-electron chi connectivity index (χ2n) is 1.76. The molecule has 0 bridgehead atoms. The number of benzene rings is 1. The SMILES string of the molecule is N#COc1ccc(N)cc1. The molecule has 1 aromatic carbocycles. The number of hydrogen-bond donors (Lipinski definition) is 1. The molecule has 0 heterocycles. The average molecular weight is 134 g/mol. The van der Waals surface area contributed by atoms with E-state index in [1.165, 1.54) is 0 Å². The number of nitrogens with two attached hydrogens (primary N) is 1. The fourth-order valence-electron chi connectivity index (χ4n) is 0.589. The third-order valence-electron chi connectivity index (χ3n) is 1.04. The maximum Gasteiger partial charge on any atom is 0.292 e. The molecule has 0 amide bonds. The van der Waals surface area contributed by atoms with Gasteiger partial charge in [-0.15, -0.1) is 5.26 Å². The highest BCUT2D eigenvalue weighted by Crippen LogP contribution is 2.11. The molecule has 50 valence electrons. The second kappa shape index (κ2) is 2.74. The highest BCUT2D eigenvalue weighted by molar-refractivity contribution is 5.41. The van der Waals surface area contributed by atoms with Crippen LogP contribution >= 0.6 is 0 Å². The van der Waals surface area contributed by atoms with Crippen LogP contribution in [0.25, 0.3) is 0 Å². The normalized spacial score (nSPS) is 8.30. The van der Waals surface area contributed by atoms with E-state index >= 15 is 0 Å². The van der Waals surface area contributed by atoms with Crippen LogP contribution in [0, 0.1) is 11.5 Å². The summed E-state index contributed by atoms with van der Waals surface area (Å²) in [6.07, 6.45) is 1.56. The van der Waals surface area contributed by atoms with E-state index in [1.54, 1.807) is 30.5 Å². The van der Waals surface area contributed by atoms with Crippen molar-refractivity contribution in [2.24, 2.45) is 0 Å². The molecular formula is C7H6N2O. The predicted molar refractivity (Wildman–Crippen MR) is 37.1 cm³/mol. The zero-order valence-corrected chi connectivity index (χ0v) is 5.24. The monoisotopic (exact) mass is 134 g/mol. The van der Waals surface area contributed by atoms with Gasteiger partial charge in [0.1, 0.15) is 5.75 Å². The minimum Gasteiger partial charge on any atom is -0.399 e. The summed E-state index contributed by atoms with van der Waals surface area (Å²) in [6, 6.07) is 6.62. The van der Waals surface area contributed by atoms with E-state index in [2.05, 4.69) is 4.74 Å². The summed E-state index contributed by atoms with van der Waals surface area (Å²) in [5.41, 5.74) is 6.04. The summed E-state index contributed by atoms with van der Waals surface area (Å²) < 4.78 is 4.51. The summed E-state index contributed by atoms with van der Waals surface area (Å²) in [4.78, 5) is 0. The van der Waals surface area contributed by atoms with Gasteiger partial charge in [0.05, 0.1) is 0 Å². The Hall–Kier alpha value is -1.69. The van der Waals surface area contributed by atoms with Crippen LogP contribution in [-0.2, 0) is 0 Å². The molecule has 0 atom stereocenters. The molecule has 0 fully saturated rings. The zero-order valence-electron chi connectivity index (χ0n) is 5.24. The fourth-order valence-corrected chi connectivity index (χ4v) is 0.589. The van der Waals surface area contributed by atoms with Crippen LogP contribution in [0.4, 0.5) is 5.69 Å². The molecule has 10 heavy (non-hydrogen) atoms. The molecule has 0 saturated heterocycles. The Kier molecular flexibility index (Phi) is 1.76. The Bertz CT molecular complexity index is 247. The van der Waals surface area contributed by atoms with Crippen molar-refractivity contribution in [1.82, 2.24) is 0 Å². The minimum atomic E-state index is 0.511. The number of rotatable bonds is 1. The Morgan fingerprint density at radius 2 is 1.90 bits per heavy atom. The first kappa shape index (κ1) is 6.43. The van der Waals surface area contributed by atoms with E-state index in [0.717, 1.165) is 0 Å². The molecule has 2 N–H and O–H groups in total. The van der Waals surface area contributed by atoms with Crippen molar-refractivity contribution in [3.05, 3.63) is 24.3 Å². The Balaban J connectivity index is 2.81. The third-order valence-corrected chi connectivity index (χ3v) is 1.04. The van der Waals surface area contributed by atoms with E-state index in [0.29, 0.717) is 11.4 Å². The number of nitrogen functional groups attached to an aromatic ring is 1. The largest absolute Gasteiger partial charge is 0.399 e. The van der Waals surface area contributed by atoms with Gasteiger partial charge in [-0.3, -0.25) is 0 Å². The number of anilines is 1. The highest BCUT2D eigenvalue weighted by atomic mass is 16.5. The van der Waals surface area contributed by atoms with Crippen molar-refractivity contribution in [2.45, 2.75) is 0 Å². The molecule has 0 radical (unpaired) electrons. The Morgan fingerprint density at radius 1 is 1.30 bits per heavy atom. The number of hydrogen-bond acceptors (Lipinski definition) is 3. The van der Waals surface area contributed by atoms with Crippen molar-refractivity contribution in [3.63, 3.8) is 0 Å². The molecule has 0 aliphatic carbocycles. The number of nitriles is 1. The molecule has 0 aliphatic heterocycles. The molecular weight excluding hydrogens is 128 g/mol. The summed E-state index contributed by atoms with van der Waals surface area (Å²) in [5.74, 6) is 0.511. The van der Waals surface area contributed by atoms with Crippen LogP contribution in [0.15, 0.2) is 24.3 Å². The van der Waals surface area contributed by atoms with E-state index in [4.69, 9.17) is 11.0 Å². The van der Waals surface area contributed by atoms with Crippen LogP contribution < -0.4 is 10.5 Å². The lowest BCUT2D eigenvalue weighted by molar-refractivity contribution is 0.507. The standard InChI is InChI=1S/C7H6N2O/c8-5-10-7-3-1-6(9)2-4-7/h1-4H,9H2. The smallest absolute Gasteiger partial charge is 0.292 e. The molecule has 3 nitrogen and oxygen atoms in total. The summed E-state index contributed by atoms with van der Waals surface area (Å²) in [6.45, 7) is 0. The van der Waals surface area contributed by atoms with Gasteiger partial charge in [0.2, 0.25) is 0 Å². The van der Waals surface area contributed by atoms with Crippen LogP contribution in [0.2, 0.25) is 0 Å². The highest BCUT2D eigenvalue weighted by Gasteiger charge is 1.89. The van der Waals surface area contributed by atoms with Gasteiger partial charge in [-0.2, -0.15) is 0 Å². The molecule has 0 aliphatic rings. The van der Waals surface area contributed by atoms with Crippen molar-refractivity contribution >= 4 is 5.69 Å². The van der Waals surface area contributed by atoms with Crippen molar-refractivity contribution in [1.29, 1.82) is 5.26 Å². The van der Waals surface area contributed by atoms with Crippen LogP contribution in [0.5, 0.6) is 5.75 Å². The molecule has 0 saturated carbocycles. The van der Waals surface area contributed by atoms with E-state index in [-0.39, 0.29) is 0 Å². The molecule has 1 aromatic rings. The number of nitrogens with zero attached hydrogens (tertiary/aromatic N) is 1. The van der Waals surface area contributed by atoms with Gasteiger partial charge in [-0.1, -0.05) is 0 Å². The van der Waals surface area contributed by atoms with Crippen LogP contribution in [-0.4, -0.2) is 0 Å². The van der Waals surface area contributed by atoms with Gasteiger partial charge in [0.25, 0.3) is 6.26 Å². The Labute approximate surface area is 58.6 Å². The van der Waals surface area contributed by atoms with Crippen molar-refractivity contribution in [2.75, 3.05) is 5.73 Å². The first-order valence-electron chi connectivity index (χ1n) is 2.74. The molecule has 3 heteroatoms. The van der Waals surface area contributed by atoms with Gasteiger partial charge in [-0.05, 0) is 24.3 Å². The Morgan fingerprint density at radius 3 is 2.40 bits per heavy atom. The van der Waals surface area contributed by atoms with Crippen LogP contribution in [0.3, 0.4) is 0 Å².